The van der Waals surface area contributed by atoms with E-state index in [1.807, 2.05) is 4.90 Å². The van der Waals surface area contributed by atoms with Crippen LogP contribution in [0.4, 0.5) is 19.1 Å². The highest BCUT2D eigenvalue weighted by Gasteiger charge is 2.19. The van der Waals surface area contributed by atoms with E-state index in [9.17, 15) is 13.2 Å². The van der Waals surface area contributed by atoms with Gasteiger partial charge in [-0.3, -0.25) is 4.39 Å². The van der Waals surface area contributed by atoms with Crippen molar-refractivity contribution in [2.24, 2.45) is 5.92 Å². The van der Waals surface area contributed by atoms with E-state index in [-0.39, 0.29) is 5.69 Å². The summed E-state index contributed by atoms with van der Waals surface area (Å²) >= 11 is 0. The molecule has 2 heterocycles. The van der Waals surface area contributed by atoms with E-state index in [4.69, 9.17) is 4.79 Å². The Kier molecular flexibility index (Phi) is 10.2. The second kappa shape index (κ2) is 11.0. The van der Waals surface area contributed by atoms with Crippen LogP contribution in [0.5, 0.6) is 0 Å². The van der Waals surface area contributed by atoms with Gasteiger partial charge in [-0.15, -0.1) is 0 Å². The topological polar surface area (TPSA) is 46.1 Å². The molecule has 120 valence electrons. The van der Waals surface area contributed by atoms with Crippen LogP contribution in [0.1, 0.15) is 38.8 Å². The molecule has 1 aliphatic rings. The minimum atomic E-state index is -2.52. The zero-order valence-electron chi connectivity index (χ0n) is 12.6. The standard InChI is InChI=1S/C11H15F2N3.C2H4O.CH3F/c1-8-3-6-16(7-4-8)11-14-5-2-9(15-11)10(12)13;1-2-3;1-2/h2,5,8,10H,3-4,6-7H2,1H3;2H,1H3;1H3. The van der Waals surface area contributed by atoms with Crippen molar-refractivity contribution in [1.82, 2.24) is 9.97 Å². The number of halogens is 3. The first-order valence-corrected chi connectivity index (χ1v) is 6.72. The van der Waals surface area contributed by atoms with Crippen LogP contribution in [-0.4, -0.2) is 36.5 Å². The van der Waals surface area contributed by atoms with Crippen molar-refractivity contribution < 1.29 is 18.0 Å². The molecule has 0 N–H and O–H groups in total. The first kappa shape index (κ1) is 19.3. The molecular weight excluding hydrogens is 283 g/mol. The largest absolute Gasteiger partial charge is 0.341 e. The second-order valence-corrected chi connectivity index (χ2v) is 4.49. The molecular formula is C14H22F3N3O. The van der Waals surface area contributed by atoms with Gasteiger partial charge in [0.25, 0.3) is 6.43 Å². The normalized spacial score (nSPS) is 14.7. The van der Waals surface area contributed by atoms with Crippen molar-refractivity contribution in [2.75, 3.05) is 25.2 Å². The zero-order chi connectivity index (χ0) is 16.3. The highest BCUT2D eigenvalue weighted by molar-refractivity contribution is 5.44. The number of hydrogen-bond acceptors (Lipinski definition) is 4. The Morgan fingerprint density at radius 1 is 1.33 bits per heavy atom. The van der Waals surface area contributed by atoms with E-state index >= 15 is 0 Å². The number of aldehydes is 1. The van der Waals surface area contributed by atoms with Gasteiger partial charge >= 0.3 is 0 Å². The van der Waals surface area contributed by atoms with Crippen LogP contribution in [-0.2, 0) is 4.79 Å². The Hall–Kier alpha value is -1.66. The number of piperidine rings is 1. The third-order valence-electron chi connectivity index (χ3n) is 2.95. The number of nitrogens with zero attached hydrogens (tertiary/aromatic N) is 3. The van der Waals surface area contributed by atoms with Crippen LogP contribution >= 0.6 is 0 Å². The van der Waals surface area contributed by atoms with Crippen LogP contribution in [0.25, 0.3) is 0 Å². The van der Waals surface area contributed by atoms with Gasteiger partial charge in [0.15, 0.2) is 0 Å². The van der Waals surface area contributed by atoms with E-state index < -0.39 is 6.43 Å². The van der Waals surface area contributed by atoms with Gasteiger partial charge < -0.3 is 9.69 Å². The van der Waals surface area contributed by atoms with Crippen molar-refractivity contribution >= 4 is 12.2 Å². The number of carbonyl (C=O) groups excluding carboxylic acids is 1. The van der Waals surface area contributed by atoms with Crippen molar-refractivity contribution in [3.05, 3.63) is 18.0 Å². The minimum absolute atomic E-state index is 0.191. The number of alkyl halides is 3. The zero-order valence-corrected chi connectivity index (χ0v) is 12.6. The fourth-order valence-corrected chi connectivity index (χ4v) is 1.84. The van der Waals surface area contributed by atoms with Crippen molar-refractivity contribution in [2.45, 2.75) is 33.1 Å². The maximum absolute atomic E-state index is 12.5. The lowest BCUT2D eigenvalue weighted by molar-refractivity contribution is -0.106. The summed E-state index contributed by atoms with van der Waals surface area (Å²) in [7, 11) is 0.500. The maximum atomic E-state index is 12.5. The van der Waals surface area contributed by atoms with Crippen LogP contribution in [0.2, 0.25) is 0 Å². The number of hydrogen-bond donors (Lipinski definition) is 0. The van der Waals surface area contributed by atoms with Gasteiger partial charge in [-0.1, -0.05) is 6.92 Å². The number of anilines is 1. The molecule has 0 radical (unpaired) electrons. The smallest absolute Gasteiger partial charge is 0.280 e. The average Bonchev–Trinajstić information content (AvgIpc) is 2.51. The van der Waals surface area contributed by atoms with E-state index in [2.05, 4.69) is 16.9 Å². The Morgan fingerprint density at radius 2 is 1.86 bits per heavy atom. The molecule has 0 unspecified atom stereocenters. The van der Waals surface area contributed by atoms with E-state index in [0.717, 1.165) is 32.2 Å². The van der Waals surface area contributed by atoms with Gasteiger partial charge in [0, 0.05) is 19.3 Å². The van der Waals surface area contributed by atoms with E-state index in [1.165, 1.54) is 19.2 Å². The molecule has 0 aromatic carbocycles. The van der Waals surface area contributed by atoms with Crippen molar-refractivity contribution in [1.29, 1.82) is 0 Å². The van der Waals surface area contributed by atoms with Crippen LogP contribution < -0.4 is 4.90 Å². The predicted molar refractivity (Wildman–Crippen MR) is 76.4 cm³/mol. The highest BCUT2D eigenvalue weighted by Crippen LogP contribution is 2.22. The summed E-state index contributed by atoms with van der Waals surface area (Å²) in [5.74, 6) is 1.14. The Bertz CT molecular complexity index is 397. The molecule has 1 saturated heterocycles. The average molecular weight is 305 g/mol. The van der Waals surface area contributed by atoms with Crippen molar-refractivity contribution in [3.63, 3.8) is 0 Å². The molecule has 0 saturated carbocycles. The molecule has 1 aromatic rings. The summed E-state index contributed by atoms with van der Waals surface area (Å²) in [6.45, 7) is 5.36. The Labute approximate surface area is 123 Å². The SMILES string of the molecule is CC1CCN(c2nccc(C(F)F)n2)CC1.CC=O.CF. The molecule has 2 rings (SSSR count). The Morgan fingerprint density at radius 3 is 2.33 bits per heavy atom. The van der Waals surface area contributed by atoms with Crippen LogP contribution in [0, 0.1) is 5.92 Å². The Balaban J connectivity index is 0.000000713. The summed E-state index contributed by atoms with van der Waals surface area (Å²) in [4.78, 5) is 18.7. The first-order chi connectivity index (χ1) is 10.1. The quantitative estimate of drug-likeness (QED) is 0.785. The molecule has 1 aromatic heterocycles. The van der Waals surface area contributed by atoms with E-state index in [0.29, 0.717) is 19.0 Å². The lowest BCUT2D eigenvalue weighted by atomic mass is 10.00. The first-order valence-electron chi connectivity index (χ1n) is 6.72. The molecule has 0 aliphatic carbocycles. The fourth-order valence-electron chi connectivity index (χ4n) is 1.84. The molecule has 1 fully saturated rings. The number of aromatic nitrogens is 2. The maximum Gasteiger partial charge on any atom is 0.280 e. The molecule has 0 bridgehead atoms. The van der Waals surface area contributed by atoms with Gasteiger partial charge in [-0.25, -0.2) is 18.7 Å². The third kappa shape index (κ3) is 7.06. The van der Waals surface area contributed by atoms with Gasteiger partial charge in [-0.2, -0.15) is 0 Å². The summed E-state index contributed by atoms with van der Waals surface area (Å²) in [6, 6.07) is 1.26. The molecule has 4 nitrogen and oxygen atoms in total. The summed E-state index contributed by atoms with van der Waals surface area (Å²) in [5.41, 5.74) is -0.191. The summed E-state index contributed by atoms with van der Waals surface area (Å²) < 4.78 is 34.4. The fraction of sp³-hybridized carbons (Fsp3) is 0.643. The van der Waals surface area contributed by atoms with E-state index in [1.54, 1.807) is 0 Å². The van der Waals surface area contributed by atoms with Gasteiger partial charge in [0.1, 0.15) is 12.0 Å². The molecule has 0 atom stereocenters. The van der Waals surface area contributed by atoms with Crippen LogP contribution in [0.15, 0.2) is 12.3 Å². The monoisotopic (exact) mass is 305 g/mol. The lowest BCUT2D eigenvalue weighted by Gasteiger charge is -2.30. The molecule has 21 heavy (non-hydrogen) atoms. The molecule has 7 heteroatoms. The van der Waals surface area contributed by atoms with Crippen molar-refractivity contribution in [3.8, 4) is 0 Å². The van der Waals surface area contributed by atoms with Crippen LogP contribution in [0.3, 0.4) is 0 Å². The van der Waals surface area contributed by atoms with Gasteiger partial charge in [-0.05, 0) is 31.7 Å². The highest BCUT2D eigenvalue weighted by atomic mass is 19.3. The summed E-state index contributed by atoms with van der Waals surface area (Å²) in [6.07, 6.45) is 1.78. The minimum Gasteiger partial charge on any atom is -0.341 e. The number of carbonyl (C=O) groups is 1. The van der Waals surface area contributed by atoms with Gasteiger partial charge in [0.2, 0.25) is 5.95 Å². The van der Waals surface area contributed by atoms with Gasteiger partial charge in [0.05, 0.1) is 7.18 Å². The second-order valence-electron chi connectivity index (χ2n) is 4.49. The predicted octanol–water partition coefficient (Wildman–Crippen LogP) is 3.44. The lowest BCUT2D eigenvalue weighted by Crippen LogP contribution is -2.34. The summed E-state index contributed by atoms with van der Waals surface area (Å²) in [5, 5.41) is 0. The molecule has 1 aliphatic heterocycles. The third-order valence-corrected chi connectivity index (χ3v) is 2.95. The number of rotatable bonds is 2. The molecule has 0 amide bonds. The molecule has 0 spiro atoms.